The van der Waals surface area contributed by atoms with Crippen LogP contribution in [0.5, 0.6) is 0 Å². The highest BCUT2D eigenvalue weighted by molar-refractivity contribution is 5.66. The van der Waals surface area contributed by atoms with Gasteiger partial charge < -0.3 is 10.4 Å². The average Bonchev–Trinajstić information content (AvgIpc) is 2.34. The highest BCUT2D eigenvalue weighted by atomic mass is 19.1. The van der Waals surface area contributed by atoms with Gasteiger partial charge >= 0.3 is 5.97 Å². The van der Waals surface area contributed by atoms with Crippen LogP contribution in [0.15, 0.2) is 24.3 Å². The Labute approximate surface area is 107 Å². The Hall–Kier alpha value is -1.42. The fraction of sp³-hybridized carbons (Fsp3) is 0.500. The molecule has 0 fully saturated rings. The molecule has 0 aliphatic heterocycles. The predicted octanol–water partition coefficient (Wildman–Crippen LogP) is 2.81. The van der Waals surface area contributed by atoms with Crippen LogP contribution < -0.4 is 5.32 Å². The smallest absolute Gasteiger partial charge is 0.303 e. The van der Waals surface area contributed by atoms with Crippen molar-refractivity contribution in [1.29, 1.82) is 0 Å². The van der Waals surface area contributed by atoms with E-state index in [2.05, 4.69) is 12.2 Å². The van der Waals surface area contributed by atoms with Crippen molar-refractivity contribution in [2.24, 2.45) is 5.92 Å². The number of benzene rings is 1. The fourth-order valence-electron chi connectivity index (χ4n) is 1.70. The highest BCUT2D eigenvalue weighted by Crippen LogP contribution is 2.09. The number of carbonyl (C=O) groups is 1. The van der Waals surface area contributed by atoms with Crippen molar-refractivity contribution >= 4 is 5.97 Å². The average molecular weight is 253 g/mol. The Kier molecular flexibility index (Phi) is 6.36. The molecule has 1 aromatic carbocycles. The molecule has 3 nitrogen and oxygen atoms in total. The van der Waals surface area contributed by atoms with Crippen molar-refractivity contribution in [2.75, 3.05) is 6.54 Å². The molecule has 1 aromatic rings. The number of hydrogen-bond donors (Lipinski definition) is 2. The molecule has 0 amide bonds. The van der Waals surface area contributed by atoms with Crippen molar-refractivity contribution in [3.63, 3.8) is 0 Å². The number of carboxylic acids is 1. The summed E-state index contributed by atoms with van der Waals surface area (Å²) in [5, 5.41) is 11.8. The maximum absolute atomic E-state index is 12.7. The Morgan fingerprint density at radius 2 is 2.00 bits per heavy atom. The predicted molar refractivity (Wildman–Crippen MR) is 68.8 cm³/mol. The van der Waals surface area contributed by atoms with Gasteiger partial charge in [-0.25, -0.2) is 4.39 Å². The lowest BCUT2D eigenvalue weighted by atomic mass is 10.0. The van der Waals surface area contributed by atoms with Crippen molar-refractivity contribution < 1.29 is 14.3 Å². The molecular weight excluding hydrogens is 233 g/mol. The van der Waals surface area contributed by atoms with Gasteiger partial charge in [0.15, 0.2) is 0 Å². The van der Waals surface area contributed by atoms with Gasteiger partial charge in [0.2, 0.25) is 0 Å². The zero-order valence-corrected chi connectivity index (χ0v) is 10.7. The molecule has 0 saturated heterocycles. The van der Waals surface area contributed by atoms with Gasteiger partial charge in [0.1, 0.15) is 5.82 Å². The van der Waals surface area contributed by atoms with Gasteiger partial charge in [-0.2, -0.15) is 0 Å². The second kappa shape index (κ2) is 7.82. The molecule has 0 radical (unpaired) electrons. The molecule has 18 heavy (non-hydrogen) atoms. The maximum atomic E-state index is 12.7. The SMILES string of the molecule is CC(CCNCc1ccc(F)cc1)CCC(=O)O. The molecule has 0 spiro atoms. The molecule has 0 heterocycles. The normalized spacial score (nSPS) is 12.3. The molecule has 0 saturated carbocycles. The summed E-state index contributed by atoms with van der Waals surface area (Å²) in [4.78, 5) is 10.4. The quantitative estimate of drug-likeness (QED) is 0.700. The van der Waals surface area contributed by atoms with Gasteiger partial charge in [0.25, 0.3) is 0 Å². The molecular formula is C14H20FNO2. The molecule has 1 atom stereocenters. The summed E-state index contributed by atoms with van der Waals surface area (Å²) >= 11 is 0. The molecule has 1 unspecified atom stereocenters. The van der Waals surface area contributed by atoms with E-state index in [0.717, 1.165) is 18.5 Å². The molecule has 100 valence electrons. The third kappa shape index (κ3) is 6.35. The lowest BCUT2D eigenvalue weighted by Gasteiger charge is -2.10. The third-order valence-electron chi connectivity index (χ3n) is 2.91. The third-order valence-corrected chi connectivity index (χ3v) is 2.91. The zero-order chi connectivity index (χ0) is 13.4. The summed E-state index contributed by atoms with van der Waals surface area (Å²) < 4.78 is 12.7. The van der Waals surface area contributed by atoms with Gasteiger partial charge in [-0.15, -0.1) is 0 Å². The summed E-state index contributed by atoms with van der Waals surface area (Å²) in [7, 11) is 0. The van der Waals surface area contributed by atoms with Gasteiger partial charge in [-0.1, -0.05) is 19.1 Å². The molecule has 0 aliphatic carbocycles. The van der Waals surface area contributed by atoms with Gasteiger partial charge in [0, 0.05) is 13.0 Å². The van der Waals surface area contributed by atoms with E-state index in [1.165, 1.54) is 12.1 Å². The number of rotatable bonds is 8. The Balaban J connectivity index is 2.11. The summed E-state index contributed by atoms with van der Waals surface area (Å²) in [6.07, 6.45) is 1.90. The molecule has 1 rings (SSSR count). The van der Waals surface area contributed by atoms with E-state index in [1.807, 2.05) is 0 Å². The van der Waals surface area contributed by atoms with Crippen LogP contribution in [-0.4, -0.2) is 17.6 Å². The van der Waals surface area contributed by atoms with E-state index in [-0.39, 0.29) is 12.2 Å². The number of carboxylic acid groups (broad SMARTS) is 1. The van der Waals surface area contributed by atoms with Crippen LogP contribution in [0.2, 0.25) is 0 Å². The Morgan fingerprint density at radius 3 is 2.61 bits per heavy atom. The summed E-state index contributed by atoms with van der Waals surface area (Å²) in [6, 6.07) is 6.42. The maximum Gasteiger partial charge on any atom is 0.303 e. The van der Waals surface area contributed by atoms with E-state index >= 15 is 0 Å². The minimum atomic E-state index is -0.735. The standard InChI is InChI=1S/C14H20FNO2/c1-11(2-7-14(17)18)8-9-16-10-12-3-5-13(15)6-4-12/h3-6,11,16H,2,7-10H2,1H3,(H,17,18). The first kappa shape index (κ1) is 14.6. The van der Waals surface area contributed by atoms with Crippen molar-refractivity contribution in [3.05, 3.63) is 35.6 Å². The van der Waals surface area contributed by atoms with Crippen molar-refractivity contribution in [1.82, 2.24) is 5.32 Å². The van der Waals surface area contributed by atoms with E-state index in [0.29, 0.717) is 18.9 Å². The monoisotopic (exact) mass is 253 g/mol. The van der Waals surface area contributed by atoms with Crippen LogP contribution in [0.3, 0.4) is 0 Å². The molecule has 2 N–H and O–H groups in total. The molecule has 0 aromatic heterocycles. The molecule has 4 heteroatoms. The molecule has 0 aliphatic rings. The van der Waals surface area contributed by atoms with Gasteiger partial charge in [-0.3, -0.25) is 4.79 Å². The minimum absolute atomic E-state index is 0.221. The topological polar surface area (TPSA) is 49.3 Å². The first-order valence-corrected chi connectivity index (χ1v) is 6.25. The van der Waals surface area contributed by atoms with Crippen LogP contribution in [0.25, 0.3) is 0 Å². The van der Waals surface area contributed by atoms with Gasteiger partial charge in [0.05, 0.1) is 0 Å². The van der Waals surface area contributed by atoms with Crippen LogP contribution in [-0.2, 0) is 11.3 Å². The number of hydrogen-bond acceptors (Lipinski definition) is 2. The largest absolute Gasteiger partial charge is 0.481 e. The highest BCUT2D eigenvalue weighted by Gasteiger charge is 2.05. The van der Waals surface area contributed by atoms with Gasteiger partial charge in [-0.05, 0) is 43.0 Å². The van der Waals surface area contributed by atoms with Crippen LogP contribution in [0.4, 0.5) is 4.39 Å². The van der Waals surface area contributed by atoms with Crippen molar-refractivity contribution in [3.8, 4) is 0 Å². The van der Waals surface area contributed by atoms with Crippen LogP contribution >= 0.6 is 0 Å². The van der Waals surface area contributed by atoms with Crippen LogP contribution in [0, 0.1) is 11.7 Å². The van der Waals surface area contributed by atoms with E-state index in [1.54, 1.807) is 12.1 Å². The van der Waals surface area contributed by atoms with Crippen LogP contribution in [0.1, 0.15) is 31.7 Å². The summed E-state index contributed by atoms with van der Waals surface area (Å²) in [5.41, 5.74) is 1.05. The van der Waals surface area contributed by atoms with E-state index in [9.17, 15) is 9.18 Å². The number of aliphatic carboxylic acids is 1. The fourth-order valence-corrected chi connectivity index (χ4v) is 1.70. The summed E-state index contributed by atoms with van der Waals surface area (Å²) in [6.45, 7) is 3.62. The number of halogens is 1. The lowest BCUT2D eigenvalue weighted by molar-refractivity contribution is -0.137. The first-order valence-electron chi connectivity index (χ1n) is 6.25. The number of nitrogens with one attached hydrogen (secondary N) is 1. The Bertz CT molecular complexity index is 365. The zero-order valence-electron chi connectivity index (χ0n) is 10.7. The summed E-state index contributed by atoms with van der Waals surface area (Å²) in [5.74, 6) is -0.552. The minimum Gasteiger partial charge on any atom is -0.481 e. The first-order chi connectivity index (χ1) is 8.58. The Morgan fingerprint density at radius 1 is 1.33 bits per heavy atom. The van der Waals surface area contributed by atoms with E-state index < -0.39 is 5.97 Å². The second-order valence-electron chi connectivity index (χ2n) is 4.63. The molecule has 0 bridgehead atoms. The van der Waals surface area contributed by atoms with E-state index in [4.69, 9.17) is 5.11 Å². The lowest BCUT2D eigenvalue weighted by Crippen LogP contribution is -2.17. The second-order valence-corrected chi connectivity index (χ2v) is 4.63. The van der Waals surface area contributed by atoms with Crippen molar-refractivity contribution in [2.45, 2.75) is 32.7 Å².